The molecule has 8 rings (SSSR count). The Bertz CT molecular complexity index is 2390. The molecular weight excluding hydrogens is 645 g/mol. The largest absolute Gasteiger partial charge is 0.497 e. The summed E-state index contributed by atoms with van der Waals surface area (Å²) in [5, 5.41) is 6.29. The predicted molar refractivity (Wildman–Crippen MR) is 215 cm³/mol. The summed E-state index contributed by atoms with van der Waals surface area (Å²) >= 11 is 1.79. The van der Waals surface area contributed by atoms with Gasteiger partial charge >= 0.3 is 0 Å². The Kier molecular flexibility index (Phi) is 8.99. The molecule has 1 aromatic heterocycles. The lowest BCUT2D eigenvalue weighted by molar-refractivity contribution is -0.669. The van der Waals surface area contributed by atoms with Gasteiger partial charge in [-0.1, -0.05) is 104 Å². The maximum absolute atomic E-state index is 6.29. The summed E-state index contributed by atoms with van der Waals surface area (Å²) in [6, 6.07) is 34.4. The maximum Gasteiger partial charge on any atom is 0.262 e. The monoisotopic (exact) mass is 689 g/mol. The van der Waals surface area contributed by atoms with E-state index in [1.54, 1.807) is 18.4 Å². The average molecular weight is 690 g/mol. The summed E-state index contributed by atoms with van der Waals surface area (Å²) in [5.41, 5.74) is 8.35. The van der Waals surface area contributed by atoms with Gasteiger partial charge in [0.1, 0.15) is 22.8 Å². The molecule has 5 aromatic carbocycles. The molecule has 0 N–H and O–H groups in total. The number of hydrogen-bond donors (Lipinski definition) is 0. The van der Waals surface area contributed by atoms with Gasteiger partial charge in [0.15, 0.2) is 6.54 Å². The minimum absolute atomic E-state index is 0.185. The number of likely N-dealkylation sites (N-methyl/N-ethyl adjacent to an activating group) is 1. The highest BCUT2D eigenvalue weighted by molar-refractivity contribution is 7.18. The Balaban J connectivity index is 1.06. The van der Waals surface area contributed by atoms with Gasteiger partial charge < -0.3 is 14.4 Å². The number of nitrogens with zero attached hydrogens (tertiary/aromatic N) is 2. The van der Waals surface area contributed by atoms with Gasteiger partial charge in [-0.15, -0.1) is 0 Å². The maximum atomic E-state index is 6.29. The second-order valence-electron chi connectivity index (χ2n) is 14.5. The van der Waals surface area contributed by atoms with Crippen LogP contribution in [0.3, 0.4) is 0 Å². The highest BCUT2D eigenvalue weighted by Crippen LogP contribution is 2.43. The number of rotatable bonds is 9. The van der Waals surface area contributed by atoms with Crippen molar-refractivity contribution in [3.63, 3.8) is 0 Å². The zero-order valence-electron chi connectivity index (χ0n) is 30.0. The van der Waals surface area contributed by atoms with Gasteiger partial charge in [-0.25, -0.2) is 0 Å². The highest BCUT2D eigenvalue weighted by Gasteiger charge is 2.28. The summed E-state index contributed by atoms with van der Waals surface area (Å²) in [5.74, 6) is 1.77. The van der Waals surface area contributed by atoms with Crippen molar-refractivity contribution in [2.75, 3.05) is 25.2 Å². The molecule has 0 saturated heterocycles. The number of methoxy groups -OCH3 is 1. The lowest BCUT2D eigenvalue weighted by atomic mass is 9.75. The quantitative estimate of drug-likeness (QED) is 0.141. The molecule has 0 fully saturated rings. The summed E-state index contributed by atoms with van der Waals surface area (Å²) in [6.45, 7) is 9.34. The summed E-state index contributed by atoms with van der Waals surface area (Å²) in [4.78, 5) is 2.51. The first kappa shape index (κ1) is 33.0. The van der Waals surface area contributed by atoms with Crippen molar-refractivity contribution in [2.45, 2.75) is 46.6 Å². The summed E-state index contributed by atoms with van der Waals surface area (Å²) in [7, 11) is 1.73. The van der Waals surface area contributed by atoms with Crippen LogP contribution < -0.4 is 18.9 Å². The first-order chi connectivity index (χ1) is 24.9. The van der Waals surface area contributed by atoms with E-state index in [0.717, 1.165) is 43.9 Å². The van der Waals surface area contributed by atoms with E-state index in [9.17, 15) is 0 Å². The molecule has 4 nitrogen and oxygen atoms in total. The zero-order valence-corrected chi connectivity index (χ0v) is 30.8. The van der Waals surface area contributed by atoms with Gasteiger partial charge in [0.05, 0.1) is 7.11 Å². The number of benzene rings is 5. The number of anilines is 1. The molecule has 0 spiro atoms. The molecule has 256 valence electrons. The summed E-state index contributed by atoms with van der Waals surface area (Å²) < 4.78 is 15.4. The molecule has 5 heteroatoms. The van der Waals surface area contributed by atoms with Crippen LogP contribution in [0.25, 0.3) is 37.8 Å². The van der Waals surface area contributed by atoms with Crippen LogP contribution in [-0.4, -0.2) is 20.3 Å². The van der Waals surface area contributed by atoms with Crippen LogP contribution in [0, 0.1) is 5.41 Å². The molecule has 6 aromatic rings. The van der Waals surface area contributed by atoms with E-state index in [1.807, 2.05) is 6.07 Å². The summed E-state index contributed by atoms with van der Waals surface area (Å²) in [6.07, 6.45) is 14.8. The molecule has 51 heavy (non-hydrogen) atoms. The normalized spacial score (nSPS) is 17.3. The van der Waals surface area contributed by atoms with Gasteiger partial charge in [-0.2, -0.15) is 4.57 Å². The van der Waals surface area contributed by atoms with Crippen LogP contribution in [0.4, 0.5) is 5.69 Å². The molecule has 0 bridgehead atoms. The van der Waals surface area contributed by atoms with E-state index in [1.165, 1.54) is 64.9 Å². The molecule has 2 heterocycles. The minimum atomic E-state index is 0.185. The van der Waals surface area contributed by atoms with Crippen molar-refractivity contribution in [2.24, 2.45) is 5.41 Å². The number of thiazole rings is 1. The first-order valence-corrected chi connectivity index (χ1v) is 18.9. The van der Waals surface area contributed by atoms with Crippen LogP contribution >= 0.6 is 11.3 Å². The Morgan fingerprint density at radius 2 is 1.65 bits per heavy atom. The number of hydrogen-bond acceptors (Lipinski definition) is 4. The zero-order chi connectivity index (χ0) is 35.0. The van der Waals surface area contributed by atoms with E-state index in [-0.39, 0.29) is 5.41 Å². The Morgan fingerprint density at radius 1 is 0.863 bits per heavy atom. The van der Waals surface area contributed by atoms with E-state index in [2.05, 4.69) is 152 Å². The number of fused-ring (bicyclic) bond motifs is 5. The van der Waals surface area contributed by atoms with Crippen molar-refractivity contribution in [3.8, 4) is 11.5 Å². The van der Waals surface area contributed by atoms with Crippen LogP contribution in [0.1, 0.15) is 44.2 Å². The van der Waals surface area contributed by atoms with Gasteiger partial charge in [-0.3, -0.25) is 0 Å². The lowest BCUT2D eigenvalue weighted by Crippen LogP contribution is -2.38. The SMILES string of the molecule is CCN1/C(=C/C2=CC(=C/C=C/c3sc4cc(OC)ccc4[n+]3CCOc3ccc4ccccc4c3)/CC(C)(C)C2)Cc2c1ccc1ccccc21. The van der Waals surface area contributed by atoms with Crippen molar-refractivity contribution in [1.82, 2.24) is 0 Å². The van der Waals surface area contributed by atoms with E-state index >= 15 is 0 Å². The number of allylic oxidation sites excluding steroid dienone is 7. The Labute approximate surface area is 305 Å². The fourth-order valence-corrected chi connectivity index (χ4v) is 9.08. The molecule has 1 aliphatic carbocycles. The lowest BCUT2D eigenvalue weighted by Gasteiger charge is -2.31. The second-order valence-corrected chi connectivity index (χ2v) is 15.5. The number of aromatic nitrogens is 1. The van der Waals surface area contributed by atoms with Crippen molar-refractivity contribution >= 4 is 54.9 Å². The molecule has 0 radical (unpaired) electrons. The fourth-order valence-electron chi connectivity index (χ4n) is 7.95. The topological polar surface area (TPSA) is 25.6 Å². The predicted octanol–water partition coefficient (Wildman–Crippen LogP) is 11.2. The molecule has 1 aliphatic heterocycles. The van der Waals surface area contributed by atoms with Crippen molar-refractivity contribution < 1.29 is 14.0 Å². The second kappa shape index (κ2) is 13.9. The first-order valence-electron chi connectivity index (χ1n) is 18.1. The third-order valence-corrected chi connectivity index (χ3v) is 11.3. The Morgan fingerprint density at radius 3 is 2.49 bits per heavy atom. The fraction of sp³-hybridized carbons (Fsp3) is 0.239. The third kappa shape index (κ3) is 6.83. The van der Waals surface area contributed by atoms with E-state index < -0.39 is 0 Å². The van der Waals surface area contributed by atoms with Crippen LogP contribution in [0.5, 0.6) is 11.5 Å². The van der Waals surface area contributed by atoms with Gasteiger partial charge in [0, 0.05) is 42.6 Å². The molecule has 0 atom stereocenters. The molecule has 0 amide bonds. The van der Waals surface area contributed by atoms with Crippen LogP contribution in [0.15, 0.2) is 138 Å². The number of ether oxygens (including phenoxy) is 2. The van der Waals surface area contributed by atoms with Gasteiger partial charge in [-0.05, 0) is 93.8 Å². The molecule has 0 unspecified atom stereocenters. The van der Waals surface area contributed by atoms with Crippen molar-refractivity contribution in [3.05, 3.63) is 149 Å². The molecule has 0 saturated carbocycles. The van der Waals surface area contributed by atoms with Gasteiger partial charge in [0.25, 0.3) is 5.01 Å². The standard InChI is InChI=1S/C46H45N2O2S/c1-5-47-37(28-41-40-15-9-8-13-35(40)18-21-42(41)47)26-33-25-32(30-46(2,3)31-33)11-10-16-45-48(43-22-20-38(49-4)29-44(43)51-45)23-24-50-39-19-17-34-12-6-7-14-36(34)27-39/h6-22,25-27,29H,5,23-24,28,30-31H2,1-4H3/q+1. The van der Waals surface area contributed by atoms with Gasteiger partial charge in [0.2, 0.25) is 5.52 Å². The highest BCUT2D eigenvalue weighted by atomic mass is 32.1. The van der Waals surface area contributed by atoms with E-state index in [0.29, 0.717) is 6.61 Å². The molecule has 2 aliphatic rings. The molecular formula is C46H45N2O2S+. The third-order valence-electron chi connectivity index (χ3n) is 10.2. The Hall–Kier alpha value is -5.13. The smallest absolute Gasteiger partial charge is 0.262 e. The minimum Gasteiger partial charge on any atom is -0.497 e. The van der Waals surface area contributed by atoms with E-state index in [4.69, 9.17) is 9.47 Å². The van der Waals surface area contributed by atoms with Crippen LogP contribution in [0.2, 0.25) is 0 Å². The van der Waals surface area contributed by atoms with Crippen LogP contribution in [-0.2, 0) is 13.0 Å². The average Bonchev–Trinajstić information content (AvgIpc) is 3.67. The van der Waals surface area contributed by atoms with Crippen molar-refractivity contribution in [1.29, 1.82) is 0 Å².